The van der Waals surface area contributed by atoms with E-state index in [0.29, 0.717) is 19.3 Å². The summed E-state index contributed by atoms with van der Waals surface area (Å²) in [5, 5.41) is 0. The Morgan fingerprint density at radius 2 is 2.31 bits per heavy atom. The van der Waals surface area contributed by atoms with Crippen molar-refractivity contribution >= 4 is 5.78 Å². The van der Waals surface area contributed by atoms with Crippen LogP contribution in [-0.4, -0.2) is 11.9 Å². The second-order valence-electron chi connectivity index (χ2n) is 3.81. The van der Waals surface area contributed by atoms with Gasteiger partial charge in [-0.15, -0.1) is 11.8 Å². The number of fused-ring (bicyclic) bond motifs is 1. The van der Waals surface area contributed by atoms with E-state index in [9.17, 15) is 4.79 Å². The number of hydrogen-bond donors (Lipinski definition) is 0. The van der Waals surface area contributed by atoms with E-state index < -0.39 is 0 Å². The second kappa shape index (κ2) is 4.85. The van der Waals surface area contributed by atoms with Gasteiger partial charge in [0.2, 0.25) is 0 Å². The van der Waals surface area contributed by atoms with E-state index in [1.54, 1.807) is 6.92 Å². The number of carbonyl (C=O) groups excluding carboxylic acids is 1. The highest BCUT2D eigenvalue weighted by molar-refractivity contribution is 5.84. The predicted octanol–water partition coefficient (Wildman–Crippen LogP) is 2.36. The third-order valence-electron chi connectivity index (χ3n) is 2.68. The van der Waals surface area contributed by atoms with Gasteiger partial charge in [-0.2, -0.15) is 0 Å². The molecule has 1 aromatic carbocycles. The van der Waals surface area contributed by atoms with E-state index in [1.807, 2.05) is 24.3 Å². The molecule has 82 valence electrons. The molecule has 0 aliphatic carbocycles. The predicted molar refractivity (Wildman–Crippen MR) is 62.3 cm³/mol. The average molecular weight is 214 g/mol. The maximum atomic E-state index is 11.8. The van der Waals surface area contributed by atoms with Crippen molar-refractivity contribution in [1.29, 1.82) is 0 Å². The van der Waals surface area contributed by atoms with E-state index in [1.165, 1.54) is 0 Å². The molecular formula is C14H14O2. The van der Waals surface area contributed by atoms with Gasteiger partial charge >= 0.3 is 0 Å². The number of benzene rings is 1. The molecule has 1 aliphatic heterocycles. The Balaban J connectivity index is 1.95. The molecule has 0 amide bonds. The molecule has 2 nitrogen and oxygen atoms in total. The Labute approximate surface area is 95.6 Å². The fourth-order valence-electron chi connectivity index (χ4n) is 1.83. The SMILES string of the molecule is CC#CCCC(=O)C1Cc2ccccc2O1. The molecule has 0 saturated carbocycles. The summed E-state index contributed by atoms with van der Waals surface area (Å²) in [6.07, 6.45) is 1.52. The summed E-state index contributed by atoms with van der Waals surface area (Å²) in [4.78, 5) is 11.8. The van der Waals surface area contributed by atoms with Gasteiger partial charge in [0.1, 0.15) is 5.75 Å². The zero-order chi connectivity index (χ0) is 11.4. The van der Waals surface area contributed by atoms with Gasteiger partial charge in [0.15, 0.2) is 11.9 Å². The quantitative estimate of drug-likeness (QED) is 0.722. The molecular weight excluding hydrogens is 200 g/mol. The van der Waals surface area contributed by atoms with Gasteiger partial charge in [-0.25, -0.2) is 0 Å². The lowest BCUT2D eigenvalue weighted by Gasteiger charge is -2.07. The van der Waals surface area contributed by atoms with Crippen LogP contribution in [0.15, 0.2) is 24.3 Å². The van der Waals surface area contributed by atoms with Crippen molar-refractivity contribution in [2.75, 3.05) is 0 Å². The normalized spacial score (nSPS) is 16.9. The zero-order valence-electron chi connectivity index (χ0n) is 9.32. The fourth-order valence-corrected chi connectivity index (χ4v) is 1.83. The van der Waals surface area contributed by atoms with Crippen molar-refractivity contribution in [2.24, 2.45) is 0 Å². The summed E-state index contributed by atoms with van der Waals surface area (Å²) in [6.45, 7) is 1.78. The zero-order valence-corrected chi connectivity index (χ0v) is 9.32. The minimum Gasteiger partial charge on any atom is -0.482 e. The molecule has 16 heavy (non-hydrogen) atoms. The van der Waals surface area contributed by atoms with Crippen molar-refractivity contribution in [3.63, 3.8) is 0 Å². The number of hydrogen-bond acceptors (Lipinski definition) is 2. The Morgan fingerprint density at radius 3 is 3.06 bits per heavy atom. The maximum Gasteiger partial charge on any atom is 0.174 e. The van der Waals surface area contributed by atoms with E-state index in [2.05, 4.69) is 11.8 Å². The number of ketones is 1. The van der Waals surface area contributed by atoms with E-state index in [-0.39, 0.29) is 11.9 Å². The molecule has 2 rings (SSSR count). The van der Waals surface area contributed by atoms with E-state index in [4.69, 9.17) is 4.74 Å². The molecule has 0 radical (unpaired) electrons. The topological polar surface area (TPSA) is 26.3 Å². The van der Waals surface area contributed by atoms with Crippen LogP contribution in [0.4, 0.5) is 0 Å². The minimum atomic E-state index is -0.295. The number of para-hydroxylation sites is 1. The van der Waals surface area contributed by atoms with Crippen LogP contribution in [0.25, 0.3) is 0 Å². The highest BCUT2D eigenvalue weighted by atomic mass is 16.5. The van der Waals surface area contributed by atoms with Crippen LogP contribution in [0.2, 0.25) is 0 Å². The first-order valence-corrected chi connectivity index (χ1v) is 5.48. The summed E-state index contributed by atoms with van der Waals surface area (Å²) in [5.41, 5.74) is 1.13. The molecule has 0 fully saturated rings. The number of carbonyl (C=O) groups is 1. The lowest BCUT2D eigenvalue weighted by molar-refractivity contribution is -0.124. The molecule has 1 unspecified atom stereocenters. The molecule has 0 saturated heterocycles. The van der Waals surface area contributed by atoms with Crippen molar-refractivity contribution < 1.29 is 9.53 Å². The van der Waals surface area contributed by atoms with Gasteiger partial charge in [-0.05, 0) is 18.6 Å². The van der Waals surface area contributed by atoms with E-state index in [0.717, 1.165) is 11.3 Å². The molecule has 0 aromatic heterocycles. The molecule has 2 heteroatoms. The van der Waals surface area contributed by atoms with Crippen molar-refractivity contribution in [3.8, 4) is 17.6 Å². The van der Waals surface area contributed by atoms with Crippen molar-refractivity contribution in [3.05, 3.63) is 29.8 Å². The van der Waals surface area contributed by atoms with Gasteiger partial charge in [0.25, 0.3) is 0 Å². The molecule has 0 N–H and O–H groups in total. The second-order valence-corrected chi connectivity index (χ2v) is 3.81. The molecule has 1 atom stereocenters. The fraction of sp³-hybridized carbons (Fsp3) is 0.357. The van der Waals surface area contributed by atoms with Gasteiger partial charge < -0.3 is 4.74 Å². The molecule has 1 aromatic rings. The Hall–Kier alpha value is -1.75. The molecule has 0 bridgehead atoms. The summed E-state index contributed by atoms with van der Waals surface area (Å²) >= 11 is 0. The first-order chi connectivity index (χ1) is 7.81. The largest absolute Gasteiger partial charge is 0.482 e. The van der Waals surface area contributed by atoms with Crippen molar-refractivity contribution in [2.45, 2.75) is 32.3 Å². The minimum absolute atomic E-state index is 0.152. The Bertz CT molecular complexity index is 426. The summed E-state index contributed by atoms with van der Waals surface area (Å²) in [5.74, 6) is 6.69. The van der Waals surface area contributed by atoms with Crippen LogP contribution in [0.3, 0.4) is 0 Å². The van der Waals surface area contributed by atoms with Crippen LogP contribution in [-0.2, 0) is 11.2 Å². The van der Waals surface area contributed by atoms with Crippen LogP contribution >= 0.6 is 0 Å². The summed E-state index contributed by atoms with van der Waals surface area (Å²) in [7, 11) is 0. The standard InChI is InChI=1S/C14H14O2/c1-2-3-4-8-12(15)14-10-11-7-5-6-9-13(11)16-14/h5-7,9,14H,4,8,10H2,1H3. The first kappa shape index (κ1) is 10.8. The molecule has 1 aliphatic rings. The van der Waals surface area contributed by atoms with Crippen molar-refractivity contribution in [1.82, 2.24) is 0 Å². The molecule has 0 spiro atoms. The third kappa shape index (κ3) is 2.25. The number of Topliss-reactive ketones (excluding diaryl/α,β-unsaturated/α-hetero) is 1. The third-order valence-corrected chi connectivity index (χ3v) is 2.68. The monoisotopic (exact) mass is 214 g/mol. The van der Waals surface area contributed by atoms with Crippen LogP contribution < -0.4 is 4.74 Å². The lowest BCUT2D eigenvalue weighted by Crippen LogP contribution is -2.24. The van der Waals surface area contributed by atoms with Crippen LogP contribution in [0.5, 0.6) is 5.75 Å². The average Bonchev–Trinajstić information content (AvgIpc) is 2.73. The first-order valence-electron chi connectivity index (χ1n) is 5.48. The van der Waals surface area contributed by atoms with E-state index >= 15 is 0 Å². The van der Waals surface area contributed by atoms with Crippen LogP contribution in [0.1, 0.15) is 25.3 Å². The highest BCUT2D eigenvalue weighted by Gasteiger charge is 2.27. The smallest absolute Gasteiger partial charge is 0.174 e. The summed E-state index contributed by atoms with van der Waals surface area (Å²) in [6, 6.07) is 7.81. The Kier molecular flexibility index (Phi) is 3.26. The Morgan fingerprint density at radius 1 is 1.50 bits per heavy atom. The van der Waals surface area contributed by atoms with Crippen LogP contribution in [0, 0.1) is 11.8 Å². The number of rotatable bonds is 3. The number of ether oxygens (including phenoxy) is 1. The van der Waals surface area contributed by atoms with Gasteiger partial charge in [0.05, 0.1) is 0 Å². The van der Waals surface area contributed by atoms with Gasteiger partial charge in [-0.3, -0.25) is 4.79 Å². The highest BCUT2D eigenvalue weighted by Crippen LogP contribution is 2.28. The van der Waals surface area contributed by atoms with Gasteiger partial charge in [0, 0.05) is 19.3 Å². The summed E-state index contributed by atoms with van der Waals surface area (Å²) < 4.78 is 5.60. The maximum absolute atomic E-state index is 11.8. The lowest BCUT2D eigenvalue weighted by atomic mass is 10.0. The molecule has 1 heterocycles. The van der Waals surface area contributed by atoms with Gasteiger partial charge in [-0.1, -0.05) is 18.2 Å².